The summed E-state index contributed by atoms with van der Waals surface area (Å²) in [5, 5.41) is 8.96. The Morgan fingerprint density at radius 1 is 1.60 bits per heavy atom. The summed E-state index contributed by atoms with van der Waals surface area (Å²) in [6, 6.07) is 4.47. The van der Waals surface area contributed by atoms with Crippen LogP contribution in [0.1, 0.15) is 26.3 Å². The van der Waals surface area contributed by atoms with Gasteiger partial charge in [0.25, 0.3) is 0 Å². The lowest BCUT2D eigenvalue weighted by molar-refractivity contribution is 0.0600. The van der Waals surface area contributed by atoms with E-state index in [9.17, 15) is 9.59 Å². The molecule has 0 aromatic heterocycles. The molecule has 0 amide bonds. The van der Waals surface area contributed by atoms with E-state index in [1.807, 2.05) is 0 Å². The number of hydrogen-bond donors (Lipinski definition) is 0. The minimum absolute atomic E-state index is 0.00191. The minimum Gasteiger partial charge on any atom is -0.465 e. The highest BCUT2D eigenvalue weighted by Crippen LogP contribution is 2.21. The van der Waals surface area contributed by atoms with Gasteiger partial charge < -0.3 is 4.74 Å². The summed E-state index contributed by atoms with van der Waals surface area (Å²) < 4.78 is 4.47. The zero-order valence-electron chi connectivity index (χ0n) is 7.78. The molecule has 0 radical (unpaired) electrons. The van der Waals surface area contributed by atoms with Crippen molar-refractivity contribution in [3.05, 3.63) is 33.8 Å². The fourth-order valence-corrected chi connectivity index (χ4v) is 1.31. The first-order chi connectivity index (χ1) is 7.15. The molecule has 0 N–H and O–H groups in total. The molecule has 0 atom stereocenters. The van der Waals surface area contributed by atoms with Crippen LogP contribution in [0.4, 0.5) is 0 Å². The monoisotopic (exact) mass is 223 g/mol. The van der Waals surface area contributed by atoms with Crippen LogP contribution < -0.4 is 0 Å². The standard InChI is InChI=1S/C10H6ClNO3/c1-15-10(14)6-2-3-9(11)8(5-13)7(6)4-12/h2-3,5H,1H3. The van der Waals surface area contributed by atoms with Crippen molar-refractivity contribution >= 4 is 23.9 Å². The Labute approximate surface area is 91.0 Å². The topological polar surface area (TPSA) is 67.2 Å². The lowest BCUT2D eigenvalue weighted by Crippen LogP contribution is -2.06. The zero-order valence-corrected chi connectivity index (χ0v) is 8.54. The number of nitriles is 1. The fraction of sp³-hybridized carbons (Fsp3) is 0.100. The number of ether oxygens (including phenoxy) is 1. The summed E-state index contributed by atoms with van der Waals surface area (Å²) in [5.74, 6) is -0.675. The van der Waals surface area contributed by atoms with E-state index in [0.717, 1.165) is 0 Å². The lowest BCUT2D eigenvalue weighted by atomic mass is 10.0. The molecule has 4 nitrogen and oxygen atoms in total. The Kier molecular flexibility index (Phi) is 3.42. The molecule has 0 spiro atoms. The number of aldehydes is 1. The van der Waals surface area contributed by atoms with Gasteiger partial charge in [-0.2, -0.15) is 5.26 Å². The molecule has 15 heavy (non-hydrogen) atoms. The van der Waals surface area contributed by atoms with Gasteiger partial charge in [-0.15, -0.1) is 0 Å². The molecule has 1 aromatic carbocycles. The highest BCUT2D eigenvalue weighted by molar-refractivity contribution is 6.33. The number of carbonyl (C=O) groups excluding carboxylic acids is 2. The maximum atomic E-state index is 11.2. The van der Waals surface area contributed by atoms with Gasteiger partial charge in [-0.1, -0.05) is 11.6 Å². The number of benzene rings is 1. The first-order valence-electron chi connectivity index (χ1n) is 3.91. The van der Waals surface area contributed by atoms with Crippen LogP contribution in [-0.2, 0) is 4.74 Å². The SMILES string of the molecule is COC(=O)c1ccc(Cl)c(C=O)c1C#N. The van der Waals surface area contributed by atoms with Gasteiger partial charge in [0.1, 0.15) is 6.07 Å². The number of rotatable bonds is 2. The summed E-state index contributed by atoms with van der Waals surface area (Å²) in [4.78, 5) is 21.9. The number of methoxy groups -OCH3 is 1. The van der Waals surface area contributed by atoms with Gasteiger partial charge >= 0.3 is 5.97 Å². The molecule has 0 fully saturated rings. The van der Waals surface area contributed by atoms with Gasteiger partial charge in [0.2, 0.25) is 0 Å². The Morgan fingerprint density at radius 3 is 2.73 bits per heavy atom. The second kappa shape index (κ2) is 4.58. The van der Waals surface area contributed by atoms with Crippen LogP contribution in [0.3, 0.4) is 0 Å². The predicted molar refractivity (Wildman–Crippen MR) is 52.9 cm³/mol. The van der Waals surface area contributed by atoms with Gasteiger partial charge in [-0.05, 0) is 12.1 Å². The summed E-state index contributed by atoms with van der Waals surface area (Å²) in [6.45, 7) is 0. The second-order valence-corrected chi connectivity index (χ2v) is 3.01. The van der Waals surface area contributed by atoms with Crippen LogP contribution >= 0.6 is 11.6 Å². The highest BCUT2D eigenvalue weighted by atomic mass is 35.5. The zero-order chi connectivity index (χ0) is 11.4. The molecule has 0 aliphatic rings. The number of carbonyl (C=O) groups is 2. The van der Waals surface area contributed by atoms with Gasteiger partial charge in [0.05, 0.1) is 28.8 Å². The Morgan fingerprint density at radius 2 is 2.27 bits per heavy atom. The maximum absolute atomic E-state index is 11.2. The predicted octanol–water partition coefficient (Wildman–Crippen LogP) is 1.81. The van der Waals surface area contributed by atoms with E-state index < -0.39 is 5.97 Å². The third-order valence-electron chi connectivity index (χ3n) is 1.83. The molecule has 1 rings (SSSR count). The summed E-state index contributed by atoms with van der Waals surface area (Å²) in [6.07, 6.45) is 0.438. The minimum atomic E-state index is -0.675. The molecule has 0 saturated carbocycles. The number of nitrogens with zero attached hydrogens (tertiary/aromatic N) is 1. The van der Waals surface area contributed by atoms with E-state index in [0.29, 0.717) is 6.29 Å². The van der Waals surface area contributed by atoms with E-state index in [2.05, 4.69) is 4.74 Å². The van der Waals surface area contributed by atoms with Crippen LogP contribution in [0.2, 0.25) is 5.02 Å². The average molecular weight is 224 g/mol. The van der Waals surface area contributed by atoms with Crippen molar-refractivity contribution in [2.75, 3.05) is 7.11 Å². The molecule has 0 aliphatic carbocycles. The summed E-state index contributed by atoms with van der Waals surface area (Å²) in [7, 11) is 1.19. The first-order valence-corrected chi connectivity index (χ1v) is 4.29. The van der Waals surface area contributed by atoms with Crippen molar-refractivity contribution < 1.29 is 14.3 Å². The molecule has 1 aromatic rings. The Bertz CT molecular complexity index is 462. The lowest BCUT2D eigenvalue weighted by Gasteiger charge is -2.04. The summed E-state index contributed by atoms with van der Waals surface area (Å²) in [5.41, 5.74) is -0.0297. The van der Waals surface area contributed by atoms with E-state index in [1.165, 1.54) is 19.2 Å². The molecular weight excluding hydrogens is 218 g/mol. The van der Waals surface area contributed by atoms with Gasteiger partial charge in [-0.25, -0.2) is 4.79 Å². The van der Waals surface area contributed by atoms with E-state index in [-0.39, 0.29) is 21.7 Å². The van der Waals surface area contributed by atoms with Crippen molar-refractivity contribution in [1.29, 1.82) is 5.26 Å². The van der Waals surface area contributed by atoms with E-state index >= 15 is 0 Å². The van der Waals surface area contributed by atoms with Crippen LogP contribution in [0, 0.1) is 11.3 Å². The Hall–Kier alpha value is -1.86. The van der Waals surface area contributed by atoms with E-state index in [4.69, 9.17) is 16.9 Å². The van der Waals surface area contributed by atoms with Crippen molar-refractivity contribution in [1.82, 2.24) is 0 Å². The molecular formula is C10H6ClNO3. The molecule has 0 aliphatic heterocycles. The Balaban J connectivity index is 3.50. The van der Waals surface area contributed by atoms with Crippen LogP contribution in [-0.4, -0.2) is 19.4 Å². The maximum Gasteiger partial charge on any atom is 0.339 e. The molecule has 0 bridgehead atoms. The van der Waals surface area contributed by atoms with Gasteiger partial charge in [0.15, 0.2) is 6.29 Å². The van der Waals surface area contributed by atoms with E-state index in [1.54, 1.807) is 6.07 Å². The van der Waals surface area contributed by atoms with Crippen molar-refractivity contribution in [3.8, 4) is 6.07 Å². The summed E-state index contributed by atoms with van der Waals surface area (Å²) >= 11 is 5.69. The van der Waals surface area contributed by atoms with Crippen LogP contribution in [0.25, 0.3) is 0 Å². The largest absolute Gasteiger partial charge is 0.465 e. The van der Waals surface area contributed by atoms with Crippen molar-refractivity contribution in [2.45, 2.75) is 0 Å². The van der Waals surface area contributed by atoms with Crippen molar-refractivity contribution in [2.24, 2.45) is 0 Å². The van der Waals surface area contributed by atoms with Crippen LogP contribution in [0.15, 0.2) is 12.1 Å². The first kappa shape index (κ1) is 11.2. The number of hydrogen-bond acceptors (Lipinski definition) is 4. The average Bonchev–Trinajstić information content (AvgIpc) is 2.27. The number of esters is 1. The molecule has 5 heteroatoms. The third kappa shape index (κ3) is 1.97. The molecule has 0 saturated heterocycles. The molecule has 76 valence electrons. The highest BCUT2D eigenvalue weighted by Gasteiger charge is 2.17. The third-order valence-corrected chi connectivity index (χ3v) is 2.16. The van der Waals surface area contributed by atoms with Gasteiger partial charge in [-0.3, -0.25) is 4.79 Å². The van der Waals surface area contributed by atoms with Crippen molar-refractivity contribution in [3.63, 3.8) is 0 Å². The normalized spacial score (nSPS) is 9.13. The van der Waals surface area contributed by atoms with Crippen LogP contribution in [0.5, 0.6) is 0 Å². The molecule has 0 unspecified atom stereocenters. The quantitative estimate of drug-likeness (QED) is 0.567. The smallest absolute Gasteiger partial charge is 0.339 e. The fourth-order valence-electron chi connectivity index (χ4n) is 1.11. The molecule has 0 heterocycles. The second-order valence-electron chi connectivity index (χ2n) is 2.60. The van der Waals surface area contributed by atoms with Gasteiger partial charge in [0, 0.05) is 0 Å². The number of halogens is 1.